The molecule has 0 unspecified atom stereocenters. The second-order valence-corrected chi connectivity index (χ2v) is 4.84. The molecule has 0 radical (unpaired) electrons. The number of hydrogen-bond donors (Lipinski definition) is 1. The van der Waals surface area contributed by atoms with Crippen LogP contribution in [0, 0.1) is 0 Å². The first-order valence-corrected chi connectivity index (χ1v) is 6.62. The Bertz CT molecular complexity index is 613. The van der Waals surface area contributed by atoms with Crippen LogP contribution in [0.2, 0.25) is 0 Å². The number of nitrogens with zero attached hydrogens (tertiary/aromatic N) is 3. The van der Waals surface area contributed by atoms with E-state index in [0.29, 0.717) is 12.3 Å². The van der Waals surface area contributed by atoms with Crippen molar-refractivity contribution in [2.24, 2.45) is 0 Å². The van der Waals surface area contributed by atoms with E-state index in [-0.39, 0.29) is 37.6 Å². The summed E-state index contributed by atoms with van der Waals surface area (Å²) >= 11 is 0. The number of rotatable bonds is 2. The molecule has 23 heavy (non-hydrogen) atoms. The average Bonchev–Trinajstić information content (AvgIpc) is 2.52. The fourth-order valence-corrected chi connectivity index (χ4v) is 2.23. The summed E-state index contributed by atoms with van der Waals surface area (Å²) in [5.41, 5.74) is -1.35. The maximum Gasteiger partial charge on any atom is 0.417 e. The minimum atomic E-state index is -4.63. The number of aromatic nitrogens is 1. The molecule has 0 spiro atoms. The Labute approximate surface area is 129 Å². The summed E-state index contributed by atoms with van der Waals surface area (Å²) in [7, 11) is 1.06. The third kappa shape index (κ3) is 3.63. The number of piperazine rings is 1. The second kappa shape index (κ2) is 6.31. The van der Waals surface area contributed by atoms with Crippen LogP contribution in [-0.2, 0) is 10.9 Å². The number of alkyl halides is 3. The summed E-state index contributed by atoms with van der Waals surface area (Å²) in [5, 5.41) is 8.89. The van der Waals surface area contributed by atoms with Crippen LogP contribution in [-0.4, -0.2) is 60.3 Å². The van der Waals surface area contributed by atoms with Gasteiger partial charge in [-0.05, 0) is 6.07 Å². The quantitative estimate of drug-likeness (QED) is 0.829. The van der Waals surface area contributed by atoms with Gasteiger partial charge in [0.1, 0.15) is 11.4 Å². The molecular formula is C13H14F3N3O4. The van der Waals surface area contributed by atoms with Crippen LogP contribution in [0.15, 0.2) is 12.3 Å². The molecule has 126 valence electrons. The summed E-state index contributed by atoms with van der Waals surface area (Å²) in [6, 6.07) is 0.692. The maximum atomic E-state index is 12.8. The fraction of sp³-hybridized carbons (Fsp3) is 0.462. The van der Waals surface area contributed by atoms with Gasteiger partial charge < -0.3 is 19.6 Å². The van der Waals surface area contributed by atoms with Gasteiger partial charge in [-0.3, -0.25) is 0 Å². The molecule has 2 rings (SSSR count). The van der Waals surface area contributed by atoms with Gasteiger partial charge in [0.05, 0.1) is 12.7 Å². The van der Waals surface area contributed by atoms with E-state index < -0.39 is 23.8 Å². The average molecular weight is 333 g/mol. The molecule has 0 aliphatic carbocycles. The van der Waals surface area contributed by atoms with E-state index in [0.717, 1.165) is 7.11 Å². The Morgan fingerprint density at radius 1 is 1.26 bits per heavy atom. The van der Waals surface area contributed by atoms with E-state index in [1.807, 2.05) is 0 Å². The number of carbonyl (C=O) groups excluding carboxylic acids is 1. The van der Waals surface area contributed by atoms with Crippen LogP contribution in [0.3, 0.4) is 0 Å². The van der Waals surface area contributed by atoms with E-state index in [1.54, 1.807) is 4.90 Å². The lowest BCUT2D eigenvalue weighted by molar-refractivity contribution is -0.137. The molecule has 0 bridgehead atoms. The van der Waals surface area contributed by atoms with E-state index in [2.05, 4.69) is 9.72 Å². The number of carbonyl (C=O) groups is 2. The standard InChI is InChI=1S/C13H14F3N3O4/c1-23-11(20)9-6-8(13(14,15)16)7-17-10(9)18-2-4-19(5-3-18)12(21)22/h6-7H,2-5H2,1H3,(H,21,22). The molecule has 1 amide bonds. The number of esters is 1. The van der Waals surface area contributed by atoms with Gasteiger partial charge >= 0.3 is 18.2 Å². The first-order valence-electron chi connectivity index (χ1n) is 6.62. The summed E-state index contributed by atoms with van der Waals surface area (Å²) in [6.07, 6.45) is -5.06. The van der Waals surface area contributed by atoms with Gasteiger partial charge in [0.2, 0.25) is 0 Å². The van der Waals surface area contributed by atoms with Gasteiger partial charge in [0.15, 0.2) is 0 Å². The fourth-order valence-electron chi connectivity index (χ4n) is 2.23. The lowest BCUT2D eigenvalue weighted by atomic mass is 10.1. The van der Waals surface area contributed by atoms with E-state index in [4.69, 9.17) is 5.11 Å². The molecule has 1 N–H and O–H groups in total. The van der Waals surface area contributed by atoms with Crippen LogP contribution in [0.4, 0.5) is 23.8 Å². The normalized spacial score (nSPS) is 15.5. The van der Waals surface area contributed by atoms with Gasteiger partial charge in [-0.2, -0.15) is 13.2 Å². The monoisotopic (exact) mass is 333 g/mol. The molecule has 0 saturated carbocycles. The minimum Gasteiger partial charge on any atom is -0.465 e. The lowest BCUT2D eigenvalue weighted by Gasteiger charge is -2.34. The Morgan fingerprint density at radius 3 is 2.35 bits per heavy atom. The molecule has 1 saturated heterocycles. The third-order valence-corrected chi connectivity index (χ3v) is 3.45. The molecule has 1 fully saturated rings. The van der Waals surface area contributed by atoms with Crippen molar-refractivity contribution in [1.29, 1.82) is 0 Å². The van der Waals surface area contributed by atoms with Crippen molar-refractivity contribution in [3.05, 3.63) is 23.4 Å². The highest BCUT2D eigenvalue weighted by atomic mass is 19.4. The zero-order chi connectivity index (χ0) is 17.2. The number of amides is 1. The van der Waals surface area contributed by atoms with Gasteiger partial charge in [-0.25, -0.2) is 14.6 Å². The molecule has 0 atom stereocenters. The highest BCUT2D eigenvalue weighted by Crippen LogP contribution is 2.32. The number of anilines is 1. The van der Waals surface area contributed by atoms with Crippen LogP contribution >= 0.6 is 0 Å². The topological polar surface area (TPSA) is 83.0 Å². The molecule has 1 aliphatic heterocycles. The van der Waals surface area contributed by atoms with E-state index in [1.165, 1.54) is 4.90 Å². The molecule has 0 aromatic carbocycles. The molecule has 1 aliphatic rings. The molecule has 1 aromatic heterocycles. The summed E-state index contributed by atoms with van der Waals surface area (Å²) < 4.78 is 42.8. The van der Waals surface area contributed by atoms with Crippen molar-refractivity contribution in [2.45, 2.75) is 6.18 Å². The molecular weight excluding hydrogens is 319 g/mol. The van der Waals surface area contributed by atoms with Crippen molar-refractivity contribution < 1.29 is 32.6 Å². The Kier molecular flexibility index (Phi) is 4.62. The maximum absolute atomic E-state index is 12.8. The summed E-state index contributed by atoms with van der Waals surface area (Å²) in [6.45, 7) is 0.764. The van der Waals surface area contributed by atoms with E-state index in [9.17, 15) is 22.8 Å². The predicted octanol–water partition coefficient (Wildman–Crippen LogP) is 1.69. The Morgan fingerprint density at radius 2 is 1.87 bits per heavy atom. The van der Waals surface area contributed by atoms with Crippen LogP contribution in [0.1, 0.15) is 15.9 Å². The zero-order valence-electron chi connectivity index (χ0n) is 12.1. The third-order valence-electron chi connectivity index (χ3n) is 3.45. The van der Waals surface area contributed by atoms with Gasteiger partial charge in [-0.1, -0.05) is 0 Å². The first kappa shape index (κ1) is 16.8. The number of carboxylic acid groups (broad SMARTS) is 1. The van der Waals surface area contributed by atoms with Gasteiger partial charge in [0, 0.05) is 32.4 Å². The second-order valence-electron chi connectivity index (χ2n) is 4.84. The summed E-state index contributed by atoms with van der Waals surface area (Å²) in [4.78, 5) is 29.1. The van der Waals surface area contributed by atoms with Crippen molar-refractivity contribution >= 4 is 17.9 Å². The largest absolute Gasteiger partial charge is 0.465 e. The number of pyridine rings is 1. The van der Waals surface area contributed by atoms with Crippen LogP contribution in [0.5, 0.6) is 0 Å². The van der Waals surface area contributed by atoms with Gasteiger partial charge in [0.25, 0.3) is 0 Å². The van der Waals surface area contributed by atoms with Crippen molar-refractivity contribution in [3.8, 4) is 0 Å². The highest BCUT2D eigenvalue weighted by molar-refractivity contribution is 5.95. The predicted molar refractivity (Wildman–Crippen MR) is 72.4 cm³/mol. The Balaban J connectivity index is 2.31. The minimum absolute atomic E-state index is 0.0508. The molecule has 10 heteroatoms. The smallest absolute Gasteiger partial charge is 0.417 e. The summed E-state index contributed by atoms with van der Waals surface area (Å²) in [5.74, 6) is -0.880. The molecule has 7 nitrogen and oxygen atoms in total. The first-order chi connectivity index (χ1) is 10.7. The van der Waals surface area contributed by atoms with Crippen molar-refractivity contribution in [3.63, 3.8) is 0 Å². The lowest BCUT2D eigenvalue weighted by Crippen LogP contribution is -2.49. The van der Waals surface area contributed by atoms with Crippen LogP contribution < -0.4 is 4.90 Å². The number of methoxy groups -OCH3 is 1. The highest BCUT2D eigenvalue weighted by Gasteiger charge is 2.34. The van der Waals surface area contributed by atoms with Crippen molar-refractivity contribution in [2.75, 3.05) is 38.2 Å². The van der Waals surface area contributed by atoms with E-state index >= 15 is 0 Å². The number of hydrogen-bond acceptors (Lipinski definition) is 5. The Hall–Kier alpha value is -2.52. The van der Waals surface area contributed by atoms with Gasteiger partial charge in [-0.15, -0.1) is 0 Å². The zero-order valence-corrected chi connectivity index (χ0v) is 12.1. The molecule has 2 heterocycles. The molecule has 1 aromatic rings. The number of ether oxygens (including phenoxy) is 1. The number of halogens is 3. The van der Waals surface area contributed by atoms with Crippen LogP contribution in [0.25, 0.3) is 0 Å². The van der Waals surface area contributed by atoms with Crippen molar-refractivity contribution in [1.82, 2.24) is 9.88 Å². The SMILES string of the molecule is COC(=O)c1cc(C(F)(F)F)cnc1N1CCN(C(=O)O)CC1.